The van der Waals surface area contributed by atoms with Gasteiger partial charge in [-0.25, -0.2) is 4.98 Å². The van der Waals surface area contributed by atoms with E-state index >= 15 is 0 Å². The molecule has 0 radical (unpaired) electrons. The van der Waals surface area contributed by atoms with Gasteiger partial charge in [-0.15, -0.1) is 0 Å². The number of aromatic amines is 1. The molecule has 4 aromatic rings. The predicted molar refractivity (Wildman–Crippen MR) is 106 cm³/mol. The summed E-state index contributed by atoms with van der Waals surface area (Å²) in [6, 6.07) is 18.7. The zero-order chi connectivity index (χ0) is 19.1. The molecule has 1 aliphatic heterocycles. The van der Waals surface area contributed by atoms with Gasteiger partial charge in [0.1, 0.15) is 11.7 Å². The Labute approximate surface area is 161 Å². The molecule has 7 nitrogen and oxygen atoms in total. The van der Waals surface area contributed by atoms with E-state index < -0.39 is 6.04 Å². The third-order valence-corrected chi connectivity index (χ3v) is 5.17. The number of nitrogens with two attached hydrogens (primary N) is 1. The number of hydrogen-bond donors (Lipinski definition) is 2. The molecule has 0 saturated carbocycles. The highest BCUT2D eigenvalue weighted by Gasteiger charge is 2.27. The molecule has 0 aliphatic carbocycles. The van der Waals surface area contributed by atoms with Crippen molar-refractivity contribution in [2.45, 2.75) is 19.1 Å². The summed E-state index contributed by atoms with van der Waals surface area (Å²) < 4.78 is 1.94. The highest BCUT2D eigenvalue weighted by atomic mass is 16.2. The Kier molecular flexibility index (Phi) is 3.95. The molecule has 5 rings (SSSR count). The number of amides is 1. The lowest BCUT2D eigenvalue weighted by atomic mass is 10.1. The van der Waals surface area contributed by atoms with Crippen LogP contribution in [0.25, 0.3) is 22.6 Å². The van der Waals surface area contributed by atoms with Crippen LogP contribution in [0.3, 0.4) is 0 Å². The van der Waals surface area contributed by atoms with Gasteiger partial charge in [0.05, 0.1) is 29.8 Å². The summed E-state index contributed by atoms with van der Waals surface area (Å²) in [5, 5.41) is 4.67. The van der Waals surface area contributed by atoms with E-state index in [9.17, 15) is 4.79 Å². The van der Waals surface area contributed by atoms with Crippen LogP contribution in [0.2, 0.25) is 0 Å². The van der Waals surface area contributed by atoms with E-state index in [1.807, 2.05) is 65.3 Å². The zero-order valence-corrected chi connectivity index (χ0v) is 15.2. The number of imidazole rings is 1. The van der Waals surface area contributed by atoms with Crippen molar-refractivity contribution < 1.29 is 4.79 Å². The van der Waals surface area contributed by atoms with Gasteiger partial charge in [0.2, 0.25) is 5.91 Å². The number of nitrogens with zero attached hydrogens (tertiary/aromatic N) is 4. The smallest absolute Gasteiger partial charge is 0.244 e. The van der Waals surface area contributed by atoms with Crippen LogP contribution in [0, 0.1) is 0 Å². The minimum Gasteiger partial charge on any atom is -0.337 e. The standard InChI is InChI=1S/C21H20N6O/c22-19(14-6-2-1-3-7-14)21(28)26-10-11-27-15(13-26)12-18(25-27)20-23-16-8-4-5-9-17(16)24-20/h1-9,12,19H,10-11,13,22H2,(H,23,24)/t19-/m1/s1. The molecule has 2 aromatic carbocycles. The monoisotopic (exact) mass is 372 g/mol. The molecule has 1 atom stereocenters. The number of carbonyl (C=O) groups excluding carboxylic acids is 1. The van der Waals surface area contributed by atoms with Gasteiger partial charge in [-0.1, -0.05) is 42.5 Å². The molecule has 140 valence electrons. The van der Waals surface area contributed by atoms with E-state index in [4.69, 9.17) is 5.73 Å². The van der Waals surface area contributed by atoms with Gasteiger partial charge in [0.15, 0.2) is 5.82 Å². The van der Waals surface area contributed by atoms with E-state index in [-0.39, 0.29) is 5.91 Å². The van der Waals surface area contributed by atoms with E-state index in [2.05, 4.69) is 15.1 Å². The van der Waals surface area contributed by atoms with Crippen LogP contribution in [-0.4, -0.2) is 37.1 Å². The summed E-state index contributed by atoms with van der Waals surface area (Å²) in [7, 11) is 0. The SMILES string of the molecule is N[C@@H](C(=O)N1CCn2nc(-c3nc4ccccc4[nH]3)cc2C1)c1ccccc1. The quantitative estimate of drug-likeness (QED) is 0.578. The molecule has 0 saturated heterocycles. The number of para-hydroxylation sites is 2. The number of fused-ring (bicyclic) bond motifs is 2. The maximum Gasteiger partial charge on any atom is 0.244 e. The molecule has 0 spiro atoms. The minimum atomic E-state index is -0.648. The molecular weight excluding hydrogens is 352 g/mol. The van der Waals surface area contributed by atoms with Crippen molar-refractivity contribution in [1.82, 2.24) is 24.6 Å². The lowest BCUT2D eigenvalue weighted by Gasteiger charge is -2.29. The van der Waals surface area contributed by atoms with Crippen LogP contribution in [0.15, 0.2) is 60.7 Å². The summed E-state index contributed by atoms with van der Waals surface area (Å²) >= 11 is 0. The minimum absolute atomic E-state index is 0.0658. The summed E-state index contributed by atoms with van der Waals surface area (Å²) in [4.78, 5) is 22.6. The molecule has 1 amide bonds. The lowest BCUT2D eigenvalue weighted by Crippen LogP contribution is -2.43. The van der Waals surface area contributed by atoms with Gasteiger partial charge >= 0.3 is 0 Å². The van der Waals surface area contributed by atoms with E-state index in [1.165, 1.54) is 0 Å². The first-order valence-corrected chi connectivity index (χ1v) is 9.30. The van der Waals surface area contributed by atoms with E-state index in [0.717, 1.165) is 33.8 Å². The summed E-state index contributed by atoms with van der Waals surface area (Å²) in [5.74, 6) is 0.672. The van der Waals surface area contributed by atoms with E-state index in [0.29, 0.717) is 19.6 Å². The van der Waals surface area contributed by atoms with Crippen molar-refractivity contribution in [2.24, 2.45) is 5.73 Å². The molecule has 0 bridgehead atoms. The summed E-state index contributed by atoms with van der Waals surface area (Å²) in [5.41, 5.74) is 10.7. The number of benzene rings is 2. The average Bonchev–Trinajstić information content (AvgIpc) is 3.36. The van der Waals surface area contributed by atoms with Crippen LogP contribution in [-0.2, 0) is 17.9 Å². The van der Waals surface area contributed by atoms with Crippen molar-refractivity contribution in [3.05, 3.63) is 71.9 Å². The van der Waals surface area contributed by atoms with E-state index in [1.54, 1.807) is 4.90 Å². The second kappa shape index (κ2) is 6.61. The third-order valence-electron chi connectivity index (χ3n) is 5.17. The second-order valence-corrected chi connectivity index (χ2v) is 6.99. The molecule has 28 heavy (non-hydrogen) atoms. The molecule has 1 aliphatic rings. The van der Waals surface area contributed by atoms with Crippen molar-refractivity contribution in [3.63, 3.8) is 0 Å². The van der Waals surface area contributed by atoms with Crippen molar-refractivity contribution in [2.75, 3.05) is 6.54 Å². The number of aromatic nitrogens is 4. The summed E-state index contributed by atoms with van der Waals surface area (Å²) in [6.07, 6.45) is 0. The van der Waals surface area contributed by atoms with Gasteiger partial charge in [-0.2, -0.15) is 5.10 Å². The first-order valence-electron chi connectivity index (χ1n) is 9.30. The average molecular weight is 372 g/mol. The van der Waals surface area contributed by atoms with Gasteiger partial charge in [-0.3, -0.25) is 9.48 Å². The third kappa shape index (κ3) is 2.86. The fourth-order valence-electron chi connectivity index (χ4n) is 3.64. The molecule has 3 N–H and O–H groups in total. The molecule has 0 unspecified atom stereocenters. The number of nitrogens with one attached hydrogen (secondary N) is 1. The first kappa shape index (κ1) is 16.7. The second-order valence-electron chi connectivity index (χ2n) is 6.99. The number of carbonyl (C=O) groups is 1. The maximum atomic E-state index is 12.9. The van der Waals surface area contributed by atoms with Crippen molar-refractivity contribution in [3.8, 4) is 11.5 Å². The van der Waals surface area contributed by atoms with Gasteiger partial charge in [-0.05, 0) is 23.8 Å². The van der Waals surface area contributed by atoms with Gasteiger partial charge in [0, 0.05) is 6.54 Å². The van der Waals surface area contributed by atoms with Gasteiger partial charge < -0.3 is 15.6 Å². The fourth-order valence-corrected chi connectivity index (χ4v) is 3.64. The normalized spacial score (nSPS) is 14.8. The maximum absolute atomic E-state index is 12.9. The van der Waals surface area contributed by atoms with Crippen LogP contribution in [0.1, 0.15) is 17.3 Å². The Morgan fingerprint density at radius 3 is 2.68 bits per heavy atom. The topological polar surface area (TPSA) is 92.8 Å². The zero-order valence-electron chi connectivity index (χ0n) is 15.2. The molecule has 0 fully saturated rings. The van der Waals surface area contributed by atoms with Crippen LogP contribution >= 0.6 is 0 Å². The molecule has 3 heterocycles. The molecular formula is C21H20N6O. The Balaban J connectivity index is 1.38. The van der Waals surface area contributed by atoms with Crippen molar-refractivity contribution >= 4 is 16.9 Å². The Hall–Kier alpha value is -3.45. The Morgan fingerprint density at radius 2 is 1.86 bits per heavy atom. The fraction of sp³-hybridized carbons (Fsp3) is 0.190. The highest BCUT2D eigenvalue weighted by molar-refractivity contribution is 5.83. The Bertz CT molecular complexity index is 1110. The number of hydrogen-bond acceptors (Lipinski definition) is 4. The first-order chi connectivity index (χ1) is 13.7. The predicted octanol–water partition coefficient (Wildman–Crippen LogP) is 2.47. The Morgan fingerprint density at radius 1 is 1.07 bits per heavy atom. The number of rotatable bonds is 3. The lowest BCUT2D eigenvalue weighted by molar-refractivity contribution is -0.134. The van der Waals surface area contributed by atoms with Gasteiger partial charge in [0.25, 0.3) is 0 Å². The number of H-pyrrole nitrogens is 1. The van der Waals surface area contributed by atoms with Crippen LogP contribution in [0.5, 0.6) is 0 Å². The highest BCUT2D eigenvalue weighted by Crippen LogP contribution is 2.24. The van der Waals surface area contributed by atoms with Crippen LogP contribution < -0.4 is 5.73 Å². The largest absolute Gasteiger partial charge is 0.337 e. The molecule has 7 heteroatoms. The molecule has 2 aromatic heterocycles. The summed E-state index contributed by atoms with van der Waals surface area (Å²) in [6.45, 7) is 1.73. The van der Waals surface area contributed by atoms with Crippen molar-refractivity contribution in [1.29, 1.82) is 0 Å². The van der Waals surface area contributed by atoms with Crippen LogP contribution in [0.4, 0.5) is 0 Å².